The summed E-state index contributed by atoms with van der Waals surface area (Å²) in [6.07, 6.45) is 4.54. The van der Waals surface area contributed by atoms with E-state index in [1.807, 2.05) is 6.92 Å². The summed E-state index contributed by atoms with van der Waals surface area (Å²) in [5.41, 5.74) is 3.59. The number of nitrogens with zero attached hydrogens (tertiary/aromatic N) is 2. The lowest BCUT2D eigenvalue weighted by atomic mass is 10.2. The van der Waals surface area contributed by atoms with Gasteiger partial charge in [-0.25, -0.2) is 5.43 Å². The average Bonchev–Trinajstić information content (AvgIpc) is 2.67. The number of hydrogen-bond acceptors (Lipinski definition) is 6. The molecule has 0 fully saturated rings. The normalized spacial score (nSPS) is 10.4. The Hall–Kier alpha value is -3.42. The number of aromatic nitrogens is 1. The Morgan fingerprint density at radius 2 is 1.96 bits per heavy atom. The monoisotopic (exact) mass is 356 g/mol. The van der Waals surface area contributed by atoms with Crippen molar-refractivity contribution in [2.45, 2.75) is 6.92 Å². The molecule has 0 atom stereocenters. The van der Waals surface area contributed by atoms with Crippen molar-refractivity contribution >= 4 is 18.0 Å². The SMILES string of the molecule is CCNC(=O)COc1ccc(/C=N/NC(=O)c2ccncc2)cc1OC. The van der Waals surface area contributed by atoms with Crippen LogP contribution < -0.4 is 20.2 Å². The molecule has 0 aliphatic carbocycles. The first-order valence-electron chi connectivity index (χ1n) is 7.95. The molecule has 0 bridgehead atoms. The molecule has 0 unspecified atom stereocenters. The fourth-order valence-corrected chi connectivity index (χ4v) is 2.01. The first-order chi connectivity index (χ1) is 12.6. The van der Waals surface area contributed by atoms with Gasteiger partial charge in [0.2, 0.25) is 0 Å². The highest BCUT2D eigenvalue weighted by molar-refractivity contribution is 5.94. The second kappa shape index (κ2) is 9.77. The highest BCUT2D eigenvalue weighted by Crippen LogP contribution is 2.27. The highest BCUT2D eigenvalue weighted by atomic mass is 16.5. The van der Waals surface area contributed by atoms with Crippen molar-refractivity contribution in [3.05, 3.63) is 53.9 Å². The van der Waals surface area contributed by atoms with Gasteiger partial charge in [-0.05, 0) is 42.8 Å². The molecular weight excluding hydrogens is 336 g/mol. The molecule has 0 saturated carbocycles. The Morgan fingerprint density at radius 3 is 2.65 bits per heavy atom. The molecule has 0 aliphatic rings. The Morgan fingerprint density at radius 1 is 1.19 bits per heavy atom. The van der Waals surface area contributed by atoms with Gasteiger partial charge in [-0.3, -0.25) is 14.6 Å². The minimum atomic E-state index is -0.336. The van der Waals surface area contributed by atoms with Crippen molar-refractivity contribution in [3.63, 3.8) is 0 Å². The number of carbonyl (C=O) groups is 2. The quantitative estimate of drug-likeness (QED) is 0.549. The van der Waals surface area contributed by atoms with Crippen LogP contribution >= 0.6 is 0 Å². The lowest BCUT2D eigenvalue weighted by Gasteiger charge is -2.11. The van der Waals surface area contributed by atoms with Crippen molar-refractivity contribution in [3.8, 4) is 11.5 Å². The molecule has 8 heteroatoms. The van der Waals surface area contributed by atoms with Crippen LogP contribution in [0.1, 0.15) is 22.8 Å². The molecule has 0 radical (unpaired) electrons. The van der Waals surface area contributed by atoms with Crippen molar-refractivity contribution in [1.29, 1.82) is 0 Å². The third kappa shape index (κ3) is 5.59. The number of amides is 2. The minimum absolute atomic E-state index is 0.0976. The van der Waals surface area contributed by atoms with Gasteiger partial charge in [0.25, 0.3) is 11.8 Å². The van der Waals surface area contributed by atoms with Gasteiger partial charge >= 0.3 is 0 Å². The molecule has 2 N–H and O–H groups in total. The summed E-state index contributed by atoms with van der Waals surface area (Å²) in [6, 6.07) is 8.28. The van der Waals surface area contributed by atoms with Crippen molar-refractivity contribution in [2.75, 3.05) is 20.3 Å². The number of rotatable bonds is 8. The van der Waals surface area contributed by atoms with E-state index in [1.54, 1.807) is 30.3 Å². The average molecular weight is 356 g/mol. The summed E-state index contributed by atoms with van der Waals surface area (Å²) in [5, 5.41) is 6.56. The molecule has 2 aromatic rings. The zero-order valence-electron chi connectivity index (χ0n) is 14.6. The number of likely N-dealkylation sites (N-methyl/N-ethyl adjacent to an activating group) is 1. The van der Waals surface area contributed by atoms with Crippen LogP contribution in [0.15, 0.2) is 47.8 Å². The van der Waals surface area contributed by atoms with Crippen molar-refractivity contribution < 1.29 is 19.1 Å². The topological polar surface area (TPSA) is 102 Å². The van der Waals surface area contributed by atoms with Gasteiger partial charge in [0, 0.05) is 24.5 Å². The van der Waals surface area contributed by atoms with Gasteiger partial charge in [-0.1, -0.05) is 0 Å². The van der Waals surface area contributed by atoms with Crippen molar-refractivity contribution in [2.24, 2.45) is 5.10 Å². The number of nitrogens with one attached hydrogen (secondary N) is 2. The fourth-order valence-electron chi connectivity index (χ4n) is 2.01. The lowest BCUT2D eigenvalue weighted by molar-refractivity contribution is -0.123. The van der Waals surface area contributed by atoms with Gasteiger partial charge < -0.3 is 14.8 Å². The number of benzene rings is 1. The molecule has 2 amide bonds. The summed E-state index contributed by atoms with van der Waals surface area (Å²) < 4.78 is 10.7. The second-order valence-electron chi connectivity index (χ2n) is 5.09. The van der Waals surface area contributed by atoms with Gasteiger partial charge in [0.1, 0.15) is 0 Å². The van der Waals surface area contributed by atoms with Gasteiger partial charge in [-0.2, -0.15) is 5.10 Å². The Bertz CT molecular complexity index is 778. The third-order valence-corrected chi connectivity index (χ3v) is 3.24. The van der Waals surface area contributed by atoms with E-state index in [2.05, 4.69) is 20.8 Å². The van der Waals surface area contributed by atoms with E-state index in [4.69, 9.17) is 9.47 Å². The number of hydrazone groups is 1. The summed E-state index contributed by atoms with van der Waals surface area (Å²) in [7, 11) is 1.50. The van der Waals surface area contributed by atoms with Gasteiger partial charge in [0.15, 0.2) is 18.1 Å². The summed E-state index contributed by atoms with van der Waals surface area (Å²) >= 11 is 0. The molecule has 8 nitrogen and oxygen atoms in total. The molecule has 26 heavy (non-hydrogen) atoms. The van der Waals surface area contributed by atoms with Crippen LogP contribution in [0.2, 0.25) is 0 Å². The number of pyridine rings is 1. The molecule has 136 valence electrons. The largest absolute Gasteiger partial charge is 0.493 e. The fraction of sp³-hybridized carbons (Fsp3) is 0.222. The standard InChI is InChI=1S/C18H20N4O4/c1-3-20-17(23)12-26-15-5-4-13(10-16(15)25-2)11-21-22-18(24)14-6-8-19-9-7-14/h4-11H,3,12H2,1-2H3,(H,20,23)(H,22,24)/b21-11+. The minimum Gasteiger partial charge on any atom is -0.493 e. The van der Waals surface area contributed by atoms with E-state index in [-0.39, 0.29) is 18.4 Å². The van der Waals surface area contributed by atoms with Crippen LogP contribution in [-0.4, -0.2) is 43.3 Å². The number of carbonyl (C=O) groups excluding carboxylic acids is 2. The Balaban J connectivity index is 1.97. The van der Waals surface area contributed by atoms with Crippen LogP contribution in [0.4, 0.5) is 0 Å². The van der Waals surface area contributed by atoms with E-state index in [1.165, 1.54) is 25.7 Å². The maximum Gasteiger partial charge on any atom is 0.271 e. The summed E-state index contributed by atoms with van der Waals surface area (Å²) in [4.78, 5) is 27.2. The van der Waals surface area contributed by atoms with Gasteiger partial charge in [-0.15, -0.1) is 0 Å². The van der Waals surface area contributed by atoms with E-state index in [0.717, 1.165) is 0 Å². The first kappa shape index (κ1) is 18.9. The maximum atomic E-state index is 11.9. The molecule has 0 saturated heterocycles. The van der Waals surface area contributed by atoms with Gasteiger partial charge in [0.05, 0.1) is 13.3 Å². The van der Waals surface area contributed by atoms with Crippen LogP contribution in [0.25, 0.3) is 0 Å². The third-order valence-electron chi connectivity index (χ3n) is 3.24. The smallest absolute Gasteiger partial charge is 0.271 e. The predicted octanol–water partition coefficient (Wildman–Crippen LogP) is 1.37. The Labute approximate surface area is 151 Å². The van der Waals surface area contributed by atoms with Crippen molar-refractivity contribution in [1.82, 2.24) is 15.7 Å². The zero-order valence-corrected chi connectivity index (χ0v) is 14.6. The first-order valence-corrected chi connectivity index (χ1v) is 7.95. The molecular formula is C18H20N4O4. The molecule has 1 heterocycles. The molecule has 1 aromatic carbocycles. The number of hydrogen-bond donors (Lipinski definition) is 2. The maximum absolute atomic E-state index is 11.9. The van der Waals surface area contributed by atoms with Crippen LogP contribution in [0, 0.1) is 0 Å². The number of methoxy groups -OCH3 is 1. The van der Waals surface area contributed by atoms with Crippen LogP contribution in [-0.2, 0) is 4.79 Å². The highest BCUT2D eigenvalue weighted by Gasteiger charge is 2.08. The van der Waals surface area contributed by atoms with E-state index < -0.39 is 0 Å². The summed E-state index contributed by atoms with van der Waals surface area (Å²) in [6.45, 7) is 2.28. The zero-order chi connectivity index (χ0) is 18.8. The number of ether oxygens (including phenoxy) is 2. The molecule has 1 aromatic heterocycles. The summed E-state index contributed by atoms with van der Waals surface area (Å²) in [5.74, 6) is 0.354. The van der Waals surface area contributed by atoms with E-state index in [9.17, 15) is 9.59 Å². The Kier molecular flexibility index (Phi) is 7.11. The predicted molar refractivity (Wildman–Crippen MR) is 96.5 cm³/mol. The van der Waals surface area contributed by atoms with Crippen LogP contribution in [0.5, 0.6) is 11.5 Å². The molecule has 0 spiro atoms. The lowest BCUT2D eigenvalue weighted by Crippen LogP contribution is -2.28. The van der Waals surface area contributed by atoms with Crippen LogP contribution in [0.3, 0.4) is 0 Å². The second-order valence-corrected chi connectivity index (χ2v) is 5.09. The molecule has 2 rings (SSSR count). The van der Waals surface area contributed by atoms with E-state index >= 15 is 0 Å². The molecule has 0 aliphatic heterocycles. The van der Waals surface area contributed by atoms with E-state index in [0.29, 0.717) is 29.2 Å².